The molecule has 0 aromatic heterocycles. The molecule has 3 heteroatoms. The van der Waals surface area contributed by atoms with E-state index in [0.29, 0.717) is 11.6 Å². The Kier molecular flexibility index (Phi) is 4.03. The molecule has 1 aliphatic carbocycles. The summed E-state index contributed by atoms with van der Waals surface area (Å²) < 4.78 is 0. The molecule has 0 saturated heterocycles. The van der Waals surface area contributed by atoms with Gasteiger partial charge in [-0.3, -0.25) is 0 Å². The molecule has 1 aliphatic rings. The summed E-state index contributed by atoms with van der Waals surface area (Å²) in [5.41, 5.74) is 2.70. The highest BCUT2D eigenvalue weighted by Crippen LogP contribution is 2.21. The van der Waals surface area contributed by atoms with Crippen molar-refractivity contribution in [2.75, 3.05) is 5.32 Å². The second-order valence-corrected chi connectivity index (χ2v) is 4.81. The number of carboxylic acid groups (broad SMARTS) is 1. The number of carboxylic acids is 1. The maximum atomic E-state index is 10.8. The highest BCUT2D eigenvalue weighted by molar-refractivity contribution is 5.88. The molecular weight excluding hydrogens is 226 g/mol. The first-order chi connectivity index (χ1) is 8.66. The van der Waals surface area contributed by atoms with Gasteiger partial charge in [0.05, 0.1) is 5.56 Å². The van der Waals surface area contributed by atoms with Gasteiger partial charge in [0.2, 0.25) is 0 Å². The van der Waals surface area contributed by atoms with Crippen LogP contribution < -0.4 is 5.32 Å². The Morgan fingerprint density at radius 3 is 2.67 bits per heavy atom. The van der Waals surface area contributed by atoms with Crippen LogP contribution in [0.4, 0.5) is 5.69 Å². The number of nitrogens with one attached hydrogen (secondary N) is 1. The van der Waals surface area contributed by atoms with E-state index in [-0.39, 0.29) is 0 Å². The van der Waals surface area contributed by atoms with Crippen molar-refractivity contribution in [2.45, 2.75) is 38.6 Å². The maximum Gasteiger partial charge on any atom is 0.335 e. The highest BCUT2D eigenvalue weighted by atomic mass is 16.4. The molecule has 96 valence electrons. The van der Waals surface area contributed by atoms with Gasteiger partial charge in [0.15, 0.2) is 0 Å². The van der Waals surface area contributed by atoms with Crippen LogP contribution in [-0.2, 0) is 0 Å². The Labute approximate surface area is 108 Å². The Bertz CT molecular complexity index is 448. The third-order valence-electron chi connectivity index (χ3n) is 3.44. The minimum Gasteiger partial charge on any atom is -0.478 e. The smallest absolute Gasteiger partial charge is 0.335 e. The first-order valence-electron chi connectivity index (χ1n) is 6.43. The number of hydrogen-bond donors (Lipinski definition) is 2. The van der Waals surface area contributed by atoms with E-state index < -0.39 is 5.97 Å². The third-order valence-corrected chi connectivity index (χ3v) is 3.44. The predicted octanol–water partition coefficient (Wildman–Crippen LogP) is 3.69. The number of hydrogen-bond acceptors (Lipinski definition) is 2. The minimum absolute atomic E-state index is 0.327. The summed E-state index contributed by atoms with van der Waals surface area (Å²) in [6.45, 7) is 2.16. The largest absolute Gasteiger partial charge is 0.478 e. The van der Waals surface area contributed by atoms with Crippen LogP contribution in [0, 0.1) is 0 Å². The summed E-state index contributed by atoms with van der Waals surface area (Å²) in [7, 11) is 0. The lowest BCUT2D eigenvalue weighted by molar-refractivity contribution is 0.0697. The molecule has 0 bridgehead atoms. The number of aromatic carboxylic acids is 1. The van der Waals surface area contributed by atoms with E-state index in [9.17, 15) is 4.79 Å². The van der Waals surface area contributed by atoms with E-state index in [0.717, 1.165) is 12.1 Å². The van der Waals surface area contributed by atoms with E-state index in [1.54, 1.807) is 12.1 Å². The Morgan fingerprint density at radius 2 is 2.00 bits per heavy atom. The van der Waals surface area contributed by atoms with E-state index >= 15 is 0 Å². The summed E-state index contributed by atoms with van der Waals surface area (Å²) in [5.74, 6) is -0.882. The molecule has 0 amide bonds. The van der Waals surface area contributed by atoms with E-state index in [1.807, 2.05) is 12.1 Å². The second kappa shape index (κ2) is 5.71. The summed E-state index contributed by atoms with van der Waals surface area (Å²) >= 11 is 0. The summed E-state index contributed by atoms with van der Waals surface area (Å²) in [5, 5.41) is 12.3. The highest BCUT2D eigenvalue weighted by Gasteiger charge is 2.13. The van der Waals surface area contributed by atoms with Gasteiger partial charge >= 0.3 is 5.97 Å². The molecule has 2 N–H and O–H groups in total. The quantitative estimate of drug-likeness (QED) is 0.798. The molecule has 1 aromatic rings. The molecule has 0 saturated carbocycles. The molecule has 1 aromatic carbocycles. The van der Waals surface area contributed by atoms with E-state index in [4.69, 9.17) is 5.11 Å². The number of carbonyl (C=O) groups is 1. The van der Waals surface area contributed by atoms with Crippen LogP contribution in [0.15, 0.2) is 35.9 Å². The zero-order valence-corrected chi connectivity index (χ0v) is 10.6. The Balaban J connectivity index is 2.06. The van der Waals surface area contributed by atoms with Crippen molar-refractivity contribution < 1.29 is 9.90 Å². The fourth-order valence-electron chi connectivity index (χ4n) is 2.29. The van der Waals surface area contributed by atoms with Crippen LogP contribution in [0.25, 0.3) is 0 Å². The van der Waals surface area contributed by atoms with Crippen LogP contribution in [0.2, 0.25) is 0 Å². The van der Waals surface area contributed by atoms with Gasteiger partial charge in [-0.2, -0.15) is 0 Å². The van der Waals surface area contributed by atoms with Gasteiger partial charge in [-0.05, 0) is 50.5 Å². The van der Waals surface area contributed by atoms with Gasteiger partial charge in [-0.1, -0.05) is 18.1 Å². The lowest BCUT2D eigenvalue weighted by Gasteiger charge is -2.19. The topological polar surface area (TPSA) is 49.3 Å². The van der Waals surface area contributed by atoms with Crippen LogP contribution in [0.5, 0.6) is 0 Å². The Morgan fingerprint density at radius 1 is 1.28 bits per heavy atom. The fraction of sp³-hybridized carbons (Fsp3) is 0.400. The second-order valence-electron chi connectivity index (χ2n) is 4.81. The molecule has 1 unspecified atom stereocenters. The molecule has 3 nitrogen and oxygen atoms in total. The van der Waals surface area contributed by atoms with Gasteiger partial charge in [0.25, 0.3) is 0 Å². The Hall–Kier alpha value is -1.77. The van der Waals surface area contributed by atoms with Crippen molar-refractivity contribution >= 4 is 11.7 Å². The van der Waals surface area contributed by atoms with E-state index in [2.05, 4.69) is 18.3 Å². The molecular formula is C15H19NO2. The number of benzene rings is 1. The van der Waals surface area contributed by atoms with Gasteiger partial charge in [-0.15, -0.1) is 0 Å². The van der Waals surface area contributed by atoms with Crippen LogP contribution in [0.1, 0.15) is 43.0 Å². The van der Waals surface area contributed by atoms with Crippen LogP contribution >= 0.6 is 0 Å². The van der Waals surface area contributed by atoms with Crippen molar-refractivity contribution in [3.63, 3.8) is 0 Å². The van der Waals surface area contributed by atoms with Crippen molar-refractivity contribution in [1.82, 2.24) is 0 Å². The van der Waals surface area contributed by atoms with Gasteiger partial charge < -0.3 is 10.4 Å². The van der Waals surface area contributed by atoms with Crippen molar-refractivity contribution in [2.24, 2.45) is 0 Å². The standard InChI is InChI=1S/C15H19NO2/c1-11-5-3-2-4-6-14(11)16-13-9-7-12(8-10-13)15(17)18/h5,7-10,14,16H,2-4,6H2,1H3,(H,17,18). The first-order valence-corrected chi connectivity index (χ1v) is 6.43. The lowest BCUT2D eigenvalue weighted by atomic mass is 10.0. The lowest BCUT2D eigenvalue weighted by Crippen LogP contribution is -2.20. The third kappa shape index (κ3) is 3.13. The zero-order valence-electron chi connectivity index (χ0n) is 10.6. The normalized spacial score (nSPS) is 19.8. The number of allylic oxidation sites excluding steroid dienone is 1. The summed E-state index contributed by atoms with van der Waals surface area (Å²) in [4.78, 5) is 10.8. The summed E-state index contributed by atoms with van der Waals surface area (Å²) in [6.07, 6.45) is 7.10. The first kappa shape index (κ1) is 12.7. The molecule has 0 fully saturated rings. The molecule has 0 heterocycles. The average Bonchev–Trinajstić information content (AvgIpc) is 2.56. The molecule has 0 radical (unpaired) electrons. The van der Waals surface area contributed by atoms with Gasteiger partial charge in [0.1, 0.15) is 0 Å². The van der Waals surface area contributed by atoms with Crippen LogP contribution in [0.3, 0.4) is 0 Å². The molecule has 1 atom stereocenters. The fourth-order valence-corrected chi connectivity index (χ4v) is 2.29. The average molecular weight is 245 g/mol. The van der Waals surface area contributed by atoms with E-state index in [1.165, 1.54) is 24.8 Å². The van der Waals surface area contributed by atoms with Crippen molar-refractivity contribution in [3.8, 4) is 0 Å². The zero-order chi connectivity index (χ0) is 13.0. The molecule has 0 spiro atoms. The van der Waals surface area contributed by atoms with Crippen molar-refractivity contribution in [1.29, 1.82) is 0 Å². The molecule has 18 heavy (non-hydrogen) atoms. The van der Waals surface area contributed by atoms with Gasteiger partial charge in [-0.25, -0.2) is 4.79 Å². The predicted molar refractivity (Wildman–Crippen MR) is 73.0 cm³/mol. The minimum atomic E-state index is -0.882. The van der Waals surface area contributed by atoms with Crippen LogP contribution in [-0.4, -0.2) is 17.1 Å². The summed E-state index contributed by atoms with van der Waals surface area (Å²) in [6, 6.07) is 7.33. The molecule has 0 aliphatic heterocycles. The maximum absolute atomic E-state index is 10.8. The van der Waals surface area contributed by atoms with Gasteiger partial charge in [0, 0.05) is 11.7 Å². The van der Waals surface area contributed by atoms with Crippen molar-refractivity contribution in [3.05, 3.63) is 41.5 Å². The number of rotatable bonds is 3. The number of anilines is 1. The monoisotopic (exact) mass is 245 g/mol. The SMILES string of the molecule is CC1=CCCCCC1Nc1ccc(C(=O)O)cc1. The molecule has 2 rings (SSSR count).